The van der Waals surface area contributed by atoms with Gasteiger partial charge in [0.25, 0.3) is 0 Å². The highest BCUT2D eigenvalue weighted by atomic mass is 32.1. The minimum atomic E-state index is -0.838. The summed E-state index contributed by atoms with van der Waals surface area (Å²) in [7, 11) is 0. The first kappa shape index (κ1) is 12.6. The van der Waals surface area contributed by atoms with Gasteiger partial charge in [0.15, 0.2) is 0 Å². The molecule has 4 heteroatoms. The number of carboxylic acids is 1. The van der Waals surface area contributed by atoms with Crippen LogP contribution in [-0.2, 0) is 6.54 Å². The van der Waals surface area contributed by atoms with Gasteiger partial charge in [0.05, 0.1) is 5.56 Å². The van der Waals surface area contributed by atoms with Gasteiger partial charge in [-0.1, -0.05) is 19.8 Å². The number of carboxylic acid groups (broad SMARTS) is 1. The summed E-state index contributed by atoms with van der Waals surface area (Å²) in [6.45, 7) is 4.16. The molecule has 0 bridgehead atoms. The number of hydrogen-bond donors (Lipinski definition) is 2. The van der Waals surface area contributed by atoms with E-state index in [1.807, 2.05) is 0 Å². The van der Waals surface area contributed by atoms with Gasteiger partial charge in [-0.2, -0.15) is 0 Å². The van der Waals surface area contributed by atoms with E-state index in [2.05, 4.69) is 12.2 Å². The Morgan fingerprint density at radius 3 is 2.82 bits per heavy atom. The predicted molar refractivity (Wildman–Crippen MR) is 69.6 cm³/mol. The van der Waals surface area contributed by atoms with E-state index in [4.69, 9.17) is 5.11 Å². The Labute approximate surface area is 106 Å². The minimum Gasteiger partial charge on any atom is -0.478 e. The summed E-state index contributed by atoms with van der Waals surface area (Å²) in [5.74, 6) is -0.838. The van der Waals surface area contributed by atoms with Crippen molar-refractivity contribution >= 4 is 17.3 Å². The van der Waals surface area contributed by atoms with Gasteiger partial charge in [0, 0.05) is 23.3 Å². The maximum absolute atomic E-state index is 10.7. The van der Waals surface area contributed by atoms with Crippen molar-refractivity contribution in [3.63, 3.8) is 0 Å². The lowest BCUT2D eigenvalue weighted by Crippen LogP contribution is -2.28. The quantitative estimate of drug-likeness (QED) is 0.847. The summed E-state index contributed by atoms with van der Waals surface area (Å²) in [4.78, 5) is 11.8. The summed E-state index contributed by atoms with van der Waals surface area (Å²) in [5, 5.41) is 14.0. The molecule has 1 heterocycles. The van der Waals surface area contributed by atoms with Crippen molar-refractivity contribution in [2.24, 2.45) is 5.41 Å². The van der Waals surface area contributed by atoms with Crippen molar-refractivity contribution in [1.82, 2.24) is 5.32 Å². The second-order valence-corrected chi connectivity index (χ2v) is 6.22. The zero-order chi connectivity index (χ0) is 12.3. The Balaban J connectivity index is 1.79. The third-order valence-corrected chi connectivity index (χ3v) is 4.50. The maximum Gasteiger partial charge on any atom is 0.336 e. The largest absolute Gasteiger partial charge is 0.478 e. The van der Waals surface area contributed by atoms with Crippen LogP contribution >= 0.6 is 11.3 Å². The van der Waals surface area contributed by atoms with Gasteiger partial charge < -0.3 is 10.4 Å². The molecule has 0 aromatic carbocycles. The van der Waals surface area contributed by atoms with Crippen LogP contribution in [0.2, 0.25) is 0 Å². The lowest BCUT2D eigenvalue weighted by molar-refractivity contribution is 0.0697. The highest BCUT2D eigenvalue weighted by Crippen LogP contribution is 2.36. The highest BCUT2D eigenvalue weighted by Gasteiger charge is 2.27. The predicted octanol–water partition coefficient (Wildman–Crippen LogP) is 3.12. The van der Waals surface area contributed by atoms with Gasteiger partial charge in [0.2, 0.25) is 0 Å². The van der Waals surface area contributed by atoms with Crippen molar-refractivity contribution in [3.8, 4) is 0 Å². The molecule has 1 aromatic heterocycles. The van der Waals surface area contributed by atoms with Gasteiger partial charge in [-0.05, 0) is 24.3 Å². The first-order valence-corrected chi connectivity index (χ1v) is 6.98. The van der Waals surface area contributed by atoms with Gasteiger partial charge in [-0.15, -0.1) is 11.3 Å². The molecular formula is C13H19NO2S. The SMILES string of the molecule is CC1(CNCc2cc(C(=O)O)cs2)CCCC1. The second kappa shape index (κ2) is 5.19. The first-order valence-electron chi connectivity index (χ1n) is 6.10. The van der Waals surface area contributed by atoms with Crippen LogP contribution < -0.4 is 5.32 Å². The number of thiophene rings is 1. The van der Waals surface area contributed by atoms with Crippen molar-refractivity contribution in [2.45, 2.75) is 39.2 Å². The van der Waals surface area contributed by atoms with Gasteiger partial charge in [-0.3, -0.25) is 0 Å². The Kier molecular flexibility index (Phi) is 3.84. The third-order valence-electron chi connectivity index (χ3n) is 3.56. The Morgan fingerprint density at radius 1 is 1.53 bits per heavy atom. The van der Waals surface area contributed by atoms with E-state index >= 15 is 0 Å². The molecule has 0 aliphatic heterocycles. The van der Waals surface area contributed by atoms with Crippen LogP contribution in [0.1, 0.15) is 47.8 Å². The smallest absolute Gasteiger partial charge is 0.336 e. The molecule has 1 aromatic rings. The molecule has 1 aliphatic rings. The summed E-state index contributed by atoms with van der Waals surface area (Å²) >= 11 is 1.52. The lowest BCUT2D eigenvalue weighted by Gasteiger charge is -2.23. The molecule has 0 spiro atoms. The molecular weight excluding hydrogens is 234 g/mol. The van der Waals surface area contributed by atoms with E-state index in [0.29, 0.717) is 11.0 Å². The standard InChI is InChI=1S/C13H19NO2S/c1-13(4-2-3-5-13)9-14-7-11-6-10(8-17-11)12(15)16/h6,8,14H,2-5,7,9H2,1H3,(H,15,16). The second-order valence-electron chi connectivity index (χ2n) is 5.23. The molecule has 94 valence electrons. The number of rotatable bonds is 5. The number of aromatic carboxylic acids is 1. The van der Waals surface area contributed by atoms with E-state index in [9.17, 15) is 4.79 Å². The molecule has 3 nitrogen and oxygen atoms in total. The molecule has 0 saturated heterocycles. The van der Waals surface area contributed by atoms with Crippen LogP contribution in [-0.4, -0.2) is 17.6 Å². The molecule has 0 unspecified atom stereocenters. The van der Waals surface area contributed by atoms with Crippen LogP contribution in [0.25, 0.3) is 0 Å². The van der Waals surface area contributed by atoms with Crippen molar-refractivity contribution in [3.05, 3.63) is 21.9 Å². The number of nitrogens with one attached hydrogen (secondary N) is 1. The van der Waals surface area contributed by atoms with Gasteiger partial charge >= 0.3 is 5.97 Å². The molecule has 2 N–H and O–H groups in total. The van der Waals surface area contributed by atoms with Crippen molar-refractivity contribution in [1.29, 1.82) is 0 Å². The molecule has 17 heavy (non-hydrogen) atoms. The third kappa shape index (κ3) is 3.30. The normalized spacial score (nSPS) is 18.4. The zero-order valence-electron chi connectivity index (χ0n) is 10.2. The molecule has 1 fully saturated rings. The van der Waals surface area contributed by atoms with E-state index < -0.39 is 5.97 Å². The maximum atomic E-state index is 10.7. The average Bonchev–Trinajstić information content (AvgIpc) is 2.88. The van der Waals surface area contributed by atoms with E-state index in [1.54, 1.807) is 11.4 Å². The fraction of sp³-hybridized carbons (Fsp3) is 0.615. The van der Waals surface area contributed by atoms with E-state index in [-0.39, 0.29) is 0 Å². The van der Waals surface area contributed by atoms with Gasteiger partial charge in [0.1, 0.15) is 0 Å². The highest BCUT2D eigenvalue weighted by molar-refractivity contribution is 7.10. The van der Waals surface area contributed by atoms with Crippen LogP contribution in [0.4, 0.5) is 0 Å². The molecule has 0 amide bonds. The lowest BCUT2D eigenvalue weighted by atomic mass is 9.89. The topological polar surface area (TPSA) is 49.3 Å². The molecule has 0 radical (unpaired) electrons. The van der Waals surface area contributed by atoms with Crippen molar-refractivity contribution < 1.29 is 9.90 Å². The van der Waals surface area contributed by atoms with E-state index in [1.165, 1.54) is 37.0 Å². The van der Waals surface area contributed by atoms with Crippen LogP contribution in [0.15, 0.2) is 11.4 Å². The summed E-state index contributed by atoms with van der Waals surface area (Å²) < 4.78 is 0. The zero-order valence-corrected chi connectivity index (χ0v) is 11.0. The fourth-order valence-electron chi connectivity index (χ4n) is 2.48. The molecule has 1 saturated carbocycles. The number of carbonyl (C=O) groups is 1. The molecule has 1 aliphatic carbocycles. The molecule has 2 rings (SSSR count). The Bertz CT molecular complexity index is 394. The van der Waals surface area contributed by atoms with Crippen LogP contribution in [0, 0.1) is 5.41 Å². The summed E-state index contributed by atoms with van der Waals surface area (Å²) in [5.41, 5.74) is 0.853. The summed E-state index contributed by atoms with van der Waals surface area (Å²) in [6.07, 6.45) is 5.32. The minimum absolute atomic E-state index is 0.402. The van der Waals surface area contributed by atoms with Gasteiger partial charge in [-0.25, -0.2) is 4.79 Å². The van der Waals surface area contributed by atoms with E-state index in [0.717, 1.165) is 18.0 Å². The molecule has 0 atom stereocenters. The monoisotopic (exact) mass is 253 g/mol. The Hall–Kier alpha value is -0.870. The average molecular weight is 253 g/mol. The Morgan fingerprint density at radius 2 is 2.24 bits per heavy atom. The van der Waals surface area contributed by atoms with Crippen LogP contribution in [0.5, 0.6) is 0 Å². The fourth-order valence-corrected chi connectivity index (χ4v) is 3.31. The number of hydrogen-bond acceptors (Lipinski definition) is 3. The van der Waals surface area contributed by atoms with Crippen LogP contribution in [0.3, 0.4) is 0 Å². The van der Waals surface area contributed by atoms with Crippen molar-refractivity contribution in [2.75, 3.05) is 6.54 Å². The summed E-state index contributed by atoms with van der Waals surface area (Å²) in [6, 6.07) is 1.76. The first-order chi connectivity index (χ1) is 8.09.